The number of benzene rings is 1. The minimum atomic E-state index is -0.417. The third-order valence-electron chi connectivity index (χ3n) is 5.80. The van der Waals surface area contributed by atoms with Crippen molar-refractivity contribution in [3.05, 3.63) is 30.1 Å². The zero-order chi connectivity index (χ0) is 19.4. The van der Waals surface area contributed by atoms with E-state index >= 15 is 0 Å². The number of halogens is 2. The Bertz CT molecular complexity index is 675. The number of piperidine rings is 1. The molecule has 1 heterocycles. The van der Waals surface area contributed by atoms with Crippen molar-refractivity contribution in [3.63, 3.8) is 0 Å². The third-order valence-corrected chi connectivity index (χ3v) is 5.80. The first kappa shape index (κ1) is 22.4. The summed E-state index contributed by atoms with van der Waals surface area (Å²) in [6.45, 7) is 3.25. The zero-order valence-electron chi connectivity index (χ0n) is 16.2. The molecule has 3 amide bonds. The van der Waals surface area contributed by atoms with Gasteiger partial charge in [0.15, 0.2) is 0 Å². The van der Waals surface area contributed by atoms with Gasteiger partial charge in [0, 0.05) is 30.4 Å². The highest BCUT2D eigenvalue weighted by atomic mass is 35.5. The predicted octanol–water partition coefficient (Wildman–Crippen LogP) is 3.27. The second kappa shape index (κ2) is 9.56. The molecule has 2 aliphatic rings. The van der Waals surface area contributed by atoms with Crippen LogP contribution in [0.3, 0.4) is 0 Å². The van der Waals surface area contributed by atoms with E-state index in [-0.39, 0.29) is 42.1 Å². The number of amides is 3. The van der Waals surface area contributed by atoms with E-state index in [4.69, 9.17) is 5.73 Å². The number of hydrogen-bond acceptors (Lipinski definition) is 3. The summed E-state index contributed by atoms with van der Waals surface area (Å²) in [5, 5.41) is 5.63. The summed E-state index contributed by atoms with van der Waals surface area (Å²) >= 11 is 0. The molecule has 1 aromatic rings. The van der Waals surface area contributed by atoms with Crippen molar-refractivity contribution in [1.82, 2.24) is 10.2 Å². The monoisotopic (exact) mass is 412 g/mol. The summed E-state index contributed by atoms with van der Waals surface area (Å²) in [4.78, 5) is 26.9. The zero-order valence-corrected chi connectivity index (χ0v) is 17.1. The van der Waals surface area contributed by atoms with Crippen LogP contribution in [0.25, 0.3) is 0 Å². The number of nitrogens with two attached hydrogens (primary N) is 1. The van der Waals surface area contributed by atoms with Gasteiger partial charge in [-0.2, -0.15) is 0 Å². The lowest BCUT2D eigenvalue weighted by Gasteiger charge is -2.41. The molecule has 28 heavy (non-hydrogen) atoms. The number of anilines is 1. The van der Waals surface area contributed by atoms with Crippen LogP contribution >= 0.6 is 12.4 Å². The third kappa shape index (κ3) is 5.58. The Hall–Kier alpha value is -1.86. The van der Waals surface area contributed by atoms with Gasteiger partial charge >= 0.3 is 6.03 Å². The van der Waals surface area contributed by atoms with E-state index < -0.39 is 5.54 Å². The smallest absolute Gasteiger partial charge is 0.319 e. The van der Waals surface area contributed by atoms with Gasteiger partial charge in [0.25, 0.3) is 0 Å². The molecule has 1 saturated carbocycles. The second-order valence-electron chi connectivity index (χ2n) is 8.01. The average Bonchev–Trinajstić information content (AvgIpc) is 2.63. The summed E-state index contributed by atoms with van der Waals surface area (Å²) in [5.41, 5.74) is 6.49. The van der Waals surface area contributed by atoms with Gasteiger partial charge < -0.3 is 21.3 Å². The molecule has 2 atom stereocenters. The normalized spacial score (nSPS) is 25.5. The van der Waals surface area contributed by atoms with Crippen LogP contribution in [0.5, 0.6) is 0 Å². The number of nitrogens with one attached hydrogen (secondary N) is 2. The molecule has 0 aromatic heterocycles. The quantitative estimate of drug-likeness (QED) is 0.712. The summed E-state index contributed by atoms with van der Waals surface area (Å²) in [6.07, 6.45) is 5.35. The van der Waals surface area contributed by atoms with E-state index in [1.165, 1.54) is 24.3 Å². The lowest BCUT2D eigenvalue weighted by atomic mass is 9.74. The van der Waals surface area contributed by atoms with Crippen molar-refractivity contribution in [3.8, 4) is 0 Å². The second-order valence-corrected chi connectivity index (χ2v) is 8.01. The Morgan fingerprint density at radius 1 is 1.14 bits per heavy atom. The van der Waals surface area contributed by atoms with Crippen LogP contribution in [0.2, 0.25) is 0 Å². The summed E-state index contributed by atoms with van der Waals surface area (Å²) in [6, 6.07) is 5.35. The molecule has 0 bridgehead atoms. The number of likely N-dealkylation sites (tertiary alicyclic amines) is 1. The van der Waals surface area contributed by atoms with Crippen molar-refractivity contribution in [2.75, 3.05) is 18.4 Å². The molecule has 2 fully saturated rings. The molecule has 3 rings (SSSR count). The highest BCUT2D eigenvalue weighted by molar-refractivity contribution is 5.89. The Balaban J connectivity index is 0.00000280. The molecule has 1 aliphatic heterocycles. The highest BCUT2D eigenvalue weighted by Gasteiger charge is 2.40. The molecular weight excluding hydrogens is 383 g/mol. The number of carbonyl (C=O) groups excluding carboxylic acids is 2. The molecule has 4 N–H and O–H groups in total. The van der Waals surface area contributed by atoms with E-state index in [9.17, 15) is 14.0 Å². The maximum Gasteiger partial charge on any atom is 0.319 e. The molecule has 6 nitrogen and oxygen atoms in total. The number of carbonyl (C=O) groups is 2. The van der Waals surface area contributed by atoms with Gasteiger partial charge in [-0.1, -0.05) is 12.8 Å². The van der Waals surface area contributed by atoms with Gasteiger partial charge in [-0.25, -0.2) is 9.18 Å². The lowest BCUT2D eigenvalue weighted by Crippen LogP contribution is -2.56. The lowest BCUT2D eigenvalue weighted by molar-refractivity contribution is -0.140. The minimum absolute atomic E-state index is 0. The molecule has 2 unspecified atom stereocenters. The van der Waals surface area contributed by atoms with Gasteiger partial charge in [-0.3, -0.25) is 4.79 Å². The number of nitrogens with zero attached hydrogens (tertiary/aromatic N) is 1. The van der Waals surface area contributed by atoms with Gasteiger partial charge in [0.2, 0.25) is 5.91 Å². The predicted molar refractivity (Wildman–Crippen MR) is 110 cm³/mol. The number of urea groups is 1. The van der Waals surface area contributed by atoms with E-state index in [0.29, 0.717) is 18.8 Å². The number of hydrogen-bond donors (Lipinski definition) is 3. The maximum atomic E-state index is 12.9. The van der Waals surface area contributed by atoms with Crippen LogP contribution in [0.4, 0.5) is 14.9 Å². The summed E-state index contributed by atoms with van der Waals surface area (Å²) in [7, 11) is 0. The Kier molecular flexibility index (Phi) is 7.66. The molecule has 1 saturated heterocycles. The molecule has 0 radical (unpaired) electrons. The van der Waals surface area contributed by atoms with E-state index in [0.717, 1.165) is 38.5 Å². The fourth-order valence-corrected chi connectivity index (χ4v) is 4.11. The molecule has 8 heteroatoms. The standard InChI is InChI=1S/C20H29FN4O2.ClH/c1-20(22)11-3-2-4-17(20)18(26)25-12-9-16(10-13-25)24-19(27)23-15-7-5-14(21)6-8-15;/h5-8,16-17H,2-4,9-13,22H2,1H3,(H2,23,24,27);1H. The van der Waals surface area contributed by atoms with Crippen molar-refractivity contribution in [2.45, 2.75) is 57.0 Å². The van der Waals surface area contributed by atoms with Crippen molar-refractivity contribution in [1.29, 1.82) is 0 Å². The first-order valence-electron chi connectivity index (χ1n) is 9.76. The topological polar surface area (TPSA) is 87.5 Å². The van der Waals surface area contributed by atoms with Gasteiger partial charge in [0.05, 0.1) is 5.92 Å². The Morgan fingerprint density at radius 3 is 2.39 bits per heavy atom. The molecule has 156 valence electrons. The van der Waals surface area contributed by atoms with Crippen molar-refractivity contribution < 1.29 is 14.0 Å². The van der Waals surface area contributed by atoms with Crippen LogP contribution in [0.15, 0.2) is 24.3 Å². The Labute approximate surface area is 171 Å². The fourth-order valence-electron chi connectivity index (χ4n) is 4.11. The molecule has 1 aliphatic carbocycles. The largest absolute Gasteiger partial charge is 0.342 e. The first-order valence-corrected chi connectivity index (χ1v) is 9.76. The average molecular weight is 413 g/mol. The molecule has 1 aromatic carbocycles. The van der Waals surface area contributed by atoms with Crippen LogP contribution in [-0.4, -0.2) is 41.5 Å². The van der Waals surface area contributed by atoms with Crippen LogP contribution in [-0.2, 0) is 4.79 Å². The van der Waals surface area contributed by atoms with Gasteiger partial charge in [-0.15, -0.1) is 12.4 Å². The van der Waals surface area contributed by atoms with E-state index in [1.807, 2.05) is 11.8 Å². The molecule has 0 spiro atoms. The summed E-state index contributed by atoms with van der Waals surface area (Å²) in [5.74, 6) is -0.281. The van der Waals surface area contributed by atoms with Gasteiger partial charge in [0.1, 0.15) is 5.82 Å². The van der Waals surface area contributed by atoms with E-state index in [2.05, 4.69) is 10.6 Å². The van der Waals surface area contributed by atoms with Crippen LogP contribution < -0.4 is 16.4 Å². The van der Waals surface area contributed by atoms with E-state index in [1.54, 1.807) is 0 Å². The SMILES string of the molecule is CC1(N)CCCCC1C(=O)N1CCC(NC(=O)Nc2ccc(F)cc2)CC1.Cl. The minimum Gasteiger partial charge on any atom is -0.342 e. The maximum absolute atomic E-state index is 12.9. The van der Waals surface area contributed by atoms with Crippen LogP contribution in [0, 0.1) is 11.7 Å². The highest BCUT2D eigenvalue weighted by Crippen LogP contribution is 2.33. The summed E-state index contributed by atoms with van der Waals surface area (Å²) < 4.78 is 12.9. The number of rotatable bonds is 3. The molecular formula is C20H30ClFN4O2. The van der Waals surface area contributed by atoms with Crippen LogP contribution in [0.1, 0.15) is 45.4 Å². The van der Waals surface area contributed by atoms with Crippen molar-refractivity contribution in [2.24, 2.45) is 11.7 Å². The van der Waals surface area contributed by atoms with Crippen molar-refractivity contribution >= 4 is 30.0 Å². The Morgan fingerprint density at radius 2 is 1.79 bits per heavy atom. The van der Waals surface area contributed by atoms with Gasteiger partial charge in [-0.05, 0) is 56.9 Å². The first-order chi connectivity index (χ1) is 12.8. The fraction of sp³-hybridized carbons (Fsp3) is 0.600.